The fraction of sp³-hybridized carbons (Fsp3) is 0.412. The van der Waals surface area contributed by atoms with E-state index in [-0.39, 0.29) is 30.0 Å². The molecule has 1 aliphatic rings. The summed E-state index contributed by atoms with van der Waals surface area (Å²) in [5.41, 5.74) is 2.99. The highest BCUT2D eigenvalue weighted by Crippen LogP contribution is 2.38. The van der Waals surface area contributed by atoms with Crippen molar-refractivity contribution in [2.75, 3.05) is 11.4 Å². The van der Waals surface area contributed by atoms with E-state index in [0.717, 1.165) is 16.8 Å². The van der Waals surface area contributed by atoms with Crippen LogP contribution in [0.25, 0.3) is 0 Å². The Morgan fingerprint density at radius 2 is 1.82 bits per heavy atom. The molecule has 0 aliphatic carbocycles. The third-order valence-electron chi connectivity index (χ3n) is 4.37. The molecular formula is C17H16F6N4O. The summed E-state index contributed by atoms with van der Waals surface area (Å²) < 4.78 is 80.0. The predicted molar refractivity (Wildman–Crippen MR) is 87.2 cm³/mol. The number of nitrogens with zero attached hydrogens (tertiary/aromatic N) is 3. The number of aryl methyl sites for hydroxylation is 1. The molecule has 0 radical (unpaired) electrons. The van der Waals surface area contributed by atoms with Gasteiger partial charge in [-0.25, -0.2) is 4.68 Å². The molecule has 1 aromatic heterocycles. The summed E-state index contributed by atoms with van der Waals surface area (Å²) in [5.74, 6) is -0.888. The second kappa shape index (κ2) is 7.02. The van der Waals surface area contributed by atoms with E-state index in [1.54, 1.807) is 0 Å². The Bertz CT molecular complexity index is 887. The number of hydrogen-bond donors (Lipinski definition) is 1. The minimum absolute atomic E-state index is 0.0569. The third-order valence-corrected chi connectivity index (χ3v) is 4.37. The number of aromatic nitrogens is 2. The molecule has 152 valence electrons. The van der Waals surface area contributed by atoms with Crippen LogP contribution in [0.15, 0.2) is 24.3 Å². The number of carbonyl (C=O) groups excluding carboxylic acids is 1. The van der Waals surface area contributed by atoms with Gasteiger partial charge in [0, 0.05) is 25.2 Å². The first-order chi connectivity index (χ1) is 13.0. The topological polar surface area (TPSA) is 64.2 Å². The van der Waals surface area contributed by atoms with E-state index in [1.165, 1.54) is 17.0 Å². The molecule has 3 rings (SSSR count). The molecule has 1 aromatic carbocycles. The Morgan fingerprint density at radius 3 is 2.43 bits per heavy atom. The average molecular weight is 406 g/mol. The number of amides is 1. The highest BCUT2D eigenvalue weighted by molar-refractivity contribution is 5.79. The maximum Gasteiger partial charge on any atom is 0.435 e. The quantitative estimate of drug-likeness (QED) is 0.792. The van der Waals surface area contributed by atoms with Crippen LogP contribution in [-0.4, -0.2) is 22.2 Å². The van der Waals surface area contributed by atoms with Crippen molar-refractivity contribution in [2.45, 2.75) is 38.3 Å². The molecule has 5 nitrogen and oxygen atoms in total. The molecule has 0 unspecified atom stereocenters. The molecule has 0 spiro atoms. The zero-order valence-electron chi connectivity index (χ0n) is 14.4. The van der Waals surface area contributed by atoms with Crippen molar-refractivity contribution in [2.24, 2.45) is 5.73 Å². The van der Waals surface area contributed by atoms with Crippen molar-refractivity contribution < 1.29 is 31.1 Å². The van der Waals surface area contributed by atoms with Crippen LogP contribution in [0.1, 0.15) is 28.8 Å². The number of benzene rings is 1. The van der Waals surface area contributed by atoms with E-state index in [2.05, 4.69) is 5.10 Å². The van der Waals surface area contributed by atoms with Crippen molar-refractivity contribution in [3.8, 4) is 0 Å². The second-order valence-electron chi connectivity index (χ2n) is 6.49. The van der Waals surface area contributed by atoms with Gasteiger partial charge >= 0.3 is 12.4 Å². The second-order valence-corrected chi connectivity index (χ2v) is 6.49. The van der Waals surface area contributed by atoms with Crippen LogP contribution in [0.5, 0.6) is 0 Å². The molecule has 28 heavy (non-hydrogen) atoms. The monoisotopic (exact) mass is 406 g/mol. The Kier molecular flexibility index (Phi) is 5.02. The summed E-state index contributed by atoms with van der Waals surface area (Å²) in [6.07, 6.45) is -9.51. The summed E-state index contributed by atoms with van der Waals surface area (Å²) in [4.78, 5) is 12.8. The molecule has 1 aliphatic heterocycles. The standard InChI is InChI=1S/C17H16F6N4O/c18-16(19,20)11-4-1-3-10(7-11)9-26-5-2-6-27-15(26)12(8-13(24)28)14(25-27)17(21,22)23/h1,3-4,7H,2,5-6,8-9H2,(H2,24,28). The first-order valence-electron chi connectivity index (χ1n) is 8.33. The van der Waals surface area contributed by atoms with Gasteiger partial charge in [0.25, 0.3) is 0 Å². The van der Waals surface area contributed by atoms with Gasteiger partial charge in [0.2, 0.25) is 5.91 Å². The molecule has 0 fully saturated rings. The van der Waals surface area contributed by atoms with E-state index in [0.29, 0.717) is 13.0 Å². The van der Waals surface area contributed by atoms with Gasteiger partial charge < -0.3 is 10.6 Å². The van der Waals surface area contributed by atoms with E-state index >= 15 is 0 Å². The van der Waals surface area contributed by atoms with Crippen LogP contribution in [-0.2, 0) is 36.7 Å². The Labute approximate surface area is 155 Å². The molecule has 2 aromatic rings. The van der Waals surface area contributed by atoms with Crippen molar-refractivity contribution in [1.29, 1.82) is 0 Å². The van der Waals surface area contributed by atoms with Gasteiger partial charge in [0.05, 0.1) is 12.0 Å². The smallest absolute Gasteiger partial charge is 0.369 e. The fourth-order valence-corrected chi connectivity index (χ4v) is 3.30. The largest absolute Gasteiger partial charge is 0.435 e. The fourth-order valence-electron chi connectivity index (χ4n) is 3.30. The zero-order chi connectivity index (χ0) is 20.7. The number of nitrogens with two attached hydrogens (primary N) is 1. The van der Waals surface area contributed by atoms with E-state index in [4.69, 9.17) is 5.73 Å². The van der Waals surface area contributed by atoms with Crippen LogP contribution >= 0.6 is 0 Å². The summed E-state index contributed by atoms with van der Waals surface area (Å²) >= 11 is 0. The van der Waals surface area contributed by atoms with E-state index in [1.807, 2.05) is 0 Å². The maximum absolute atomic E-state index is 13.4. The first kappa shape index (κ1) is 20.0. The van der Waals surface area contributed by atoms with Crippen LogP contribution in [0.2, 0.25) is 0 Å². The Balaban J connectivity index is 2.01. The van der Waals surface area contributed by atoms with Gasteiger partial charge in [0.15, 0.2) is 5.69 Å². The molecular weight excluding hydrogens is 390 g/mol. The highest BCUT2D eigenvalue weighted by Gasteiger charge is 2.41. The van der Waals surface area contributed by atoms with Gasteiger partial charge in [-0.1, -0.05) is 12.1 Å². The minimum atomic E-state index is -4.78. The van der Waals surface area contributed by atoms with Gasteiger partial charge in [-0.15, -0.1) is 0 Å². The molecule has 11 heteroatoms. The van der Waals surface area contributed by atoms with Crippen LogP contribution < -0.4 is 10.6 Å². The van der Waals surface area contributed by atoms with Crippen molar-refractivity contribution in [3.63, 3.8) is 0 Å². The van der Waals surface area contributed by atoms with E-state index < -0.39 is 35.9 Å². The van der Waals surface area contributed by atoms with Gasteiger partial charge in [0.1, 0.15) is 5.82 Å². The lowest BCUT2D eigenvalue weighted by molar-refractivity contribution is -0.142. The Hall–Kier alpha value is -2.72. The SMILES string of the molecule is NC(=O)Cc1c(C(F)(F)F)nn2c1N(Cc1cccc(C(F)(F)F)c1)CCC2. The van der Waals surface area contributed by atoms with E-state index in [9.17, 15) is 31.1 Å². The molecule has 2 heterocycles. The Morgan fingerprint density at radius 1 is 1.11 bits per heavy atom. The molecule has 0 bridgehead atoms. The van der Waals surface area contributed by atoms with Crippen molar-refractivity contribution in [3.05, 3.63) is 46.6 Å². The van der Waals surface area contributed by atoms with Gasteiger partial charge in [-0.2, -0.15) is 31.4 Å². The number of alkyl halides is 6. The van der Waals surface area contributed by atoms with Crippen LogP contribution in [0.3, 0.4) is 0 Å². The molecule has 0 saturated carbocycles. The minimum Gasteiger partial charge on any atom is -0.369 e. The lowest BCUT2D eigenvalue weighted by atomic mass is 10.1. The van der Waals surface area contributed by atoms with Gasteiger partial charge in [-0.3, -0.25) is 4.79 Å². The summed E-state index contributed by atoms with van der Waals surface area (Å²) in [5, 5.41) is 3.59. The van der Waals surface area contributed by atoms with Gasteiger partial charge in [-0.05, 0) is 24.1 Å². The number of anilines is 1. The zero-order valence-corrected chi connectivity index (χ0v) is 14.4. The molecule has 0 saturated heterocycles. The van der Waals surface area contributed by atoms with Crippen molar-refractivity contribution in [1.82, 2.24) is 9.78 Å². The number of carbonyl (C=O) groups is 1. The normalized spacial score (nSPS) is 14.9. The number of primary amides is 1. The highest BCUT2D eigenvalue weighted by atomic mass is 19.4. The lowest BCUT2D eigenvalue weighted by Gasteiger charge is -2.31. The number of halogens is 6. The summed E-state index contributed by atoms with van der Waals surface area (Å²) in [6.45, 7) is 0.458. The number of rotatable bonds is 4. The first-order valence-corrected chi connectivity index (χ1v) is 8.33. The summed E-state index contributed by atoms with van der Waals surface area (Å²) in [7, 11) is 0. The molecule has 1 amide bonds. The number of fused-ring (bicyclic) bond motifs is 1. The predicted octanol–water partition coefficient (Wildman–Crippen LogP) is 3.36. The maximum atomic E-state index is 13.4. The van der Waals surface area contributed by atoms with Crippen LogP contribution in [0.4, 0.5) is 32.2 Å². The average Bonchev–Trinajstić information content (AvgIpc) is 2.93. The molecule has 0 atom stereocenters. The van der Waals surface area contributed by atoms with Crippen LogP contribution in [0, 0.1) is 0 Å². The molecule has 2 N–H and O–H groups in total. The third kappa shape index (κ3) is 4.07. The van der Waals surface area contributed by atoms with Crippen molar-refractivity contribution >= 4 is 11.7 Å². The summed E-state index contributed by atoms with van der Waals surface area (Å²) in [6, 6.07) is 4.58. The lowest BCUT2D eigenvalue weighted by Crippen LogP contribution is -2.33. The number of hydrogen-bond acceptors (Lipinski definition) is 3.